The number of fused-ring (bicyclic) bond motifs is 3. The van der Waals surface area contributed by atoms with Crippen molar-refractivity contribution < 1.29 is 23.1 Å². The van der Waals surface area contributed by atoms with Crippen molar-refractivity contribution in [2.45, 2.75) is 12.3 Å². The van der Waals surface area contributed by atoms with Gasteiger partial charge in [-0.15, -0.1) is 0 Å². The zero-order valence-corrected chi connectivity index (χ0v) is 10.6. The summed E-state index contributed by atoms with van der Waals surface area (Å²) < 4.78 is 36.7. The molecule has 0 radical (unpaired) electrons. The van der Waals surface area contributed by atoms with E-state index in [0.29, 0.717) is 11.1 Å². The highest BCUT2D eigenvalue weighted by molar-refractivity contribution is 5.95. The highest BCUT2D eigenvalue weighted by atomic mass is 19.4. The van der Waals surface area contributed by atoms with Crippen LogP contribution in [0.25, 0.3) is 11.1 Å². The molecule has 1 aliphatic carbocycles. The molecule has 0 bridgehead atoms. The number of nitrogens with one attached hydrogen (secondary N) is 1. The zero-order chi connectivity index (χ0) is 15.2. The lowest BCUT2D eigenvalue weighted by atomic mass is 10.1. The minimum Gasteiger partial charge on any atom is -0.384 e. The molecule has 6 heteroatoms. The molecule has 0 fully saturated rings. The molecule has 0 aromatic heterocycles. The number of anilines is 1. The largest absolute Gasteiger partial charge is 0.471 e. The normalized spacial score (nSPS) is 16.3. The van der Waals surface area contributed by atoms with Crippen molar-refractivity contribution in [2.75, 3.05) is 5.32 Å². The third-order valence-electron chi connectivity index (χ3n) is 3.41. The number of carbonyl (C=O) groups excluding carboxylic acids is 1. The van der Waals surface area contributed by atoms with Gasteiger partial charge in [0.25, 0.3) is 0 Å². The first-order chi connectivity index (χ1) is 9.88. The van der Waals surface area contributed by atoms with Gasteiger partial charge < -0.3 is 10.4 Å². The number of aliphatic hydroxyl groups excluding tert-OH is 1. The molecule has 21 heavy (non-hydrogen) atoms. The number of rotatable bonds is 1. The van der Waals surface area contributed by atoms with Crippen LogP contribution >= 0.6 is 0 Å². The lowest BCUT2D eigenvalue weighted by Crippen LogP contribution is -2.29. The molecular formula is C15H10F3NO2. The maximum Gasteiger partial charge on any atom is 0.471 e. The maximum atomic E-state index is 12.2. The minimum absolute atomic E-state index is 0.00271. The van der Waals surface area contributed by atoms with Gasteiger partial charge in [0.15, 0.2) is 0 Å². The lowest BCUT2D eigenvalue weighted by molar-refractivity contribution is -0.167. The molecule has 1 amide bonds. The molecule has 1 aliphatic rings. The Hall–Kier alpha value is -2.34. The molecule has 2 N–H and O–H groups in total. The van der Waals surface area contributed by atoms with Crippen LogP contribution in [0.1, 0.15) is 17.2 Å². The van der Waals surface area contributed by atoms with Gasteiger partial charge in [-0.25, -0.2) is 0 Å². The summed E-state index contributed by atoms with van der Waals surface area (Å²) in [5.74, 6) is -2.03. The maximum absolute atomic E-state index is 12.2. The molecule has 0 heterocycles. The molecular weight excluding hydrogens is 283 g/mol. The Morgan fingerprint density at radius 3 is 2.43 bits per heavy atom. The molecule has 3 nitrogen and oxygen atoms in total. The number of amides is 1. The summed E-state index contributed by atoms with van der Waals surface area (Å²) in [6.45, 7) is 0. The van der Waals surface area contributed by atoms with Crippen molar-refractivity contribution >= 4 is 11.6 Å². The number of hydrogen-bond donors (Lipinski definition) is 2. The van der Waals surface area contributed by atoms with Gasteiger partial charge in [0.1, 0.15) is 6.10 Å². The highest BCUT2D eigenvalue weighted by Crippen LogP contribution is 2.44. The van der Waals surface area contributed by atoms with Crippen molar-refractivity contribution in [2.24, 2.45) is 0 Å². The van der Waals surface area contributed by atoms with Crippen LogP contribution in [0.5, 0.6) is 0 Å². The first-order valence-corrected chi connectivity index (χ1v) is 6.17. The number of benzene rings is 2. The van der Waals surface area contributed by atoms with Gasteiger partial charge >= 0.3 is 12.1 Å². The van der Waals surface area contributed by atoms with E-state index in [1.54, 1.807) is 23.5 Å². The van der Waals surface area contributed by atoms with Crippen LogP contribution in [0, 0.1) is 0 Å². The SMILES string of the molecule is O=C(Nc1ccc2c(c1)[C@H](O)c1ccccc1-2)C(F)(F)F. The predicted octanol–water partition coefficient (Wildman–Crippen LogP) is 3.25. The standard InChI is InChI=1S/C15H10F3NO2/c16-15(17,18)14(21)19-8-5-6-10-9-3-1-2-4-11(9)13(20)12(10)7-8/h1-7,13,20H,(H,19,21)/t13-/m1/s1. The summed E-state index contributed by atoms with van der Waals surface area (Å²) >= 11 is 0. The molecule has 0 unspecified atom stereocenters. The second kappa shape index (κ2) is 4.60. The van der Waals surface area contributed by atoms with E-state index in [1.807, 2.05) is 12.1 Å². The van der Waals surface area contributed by atoms with Gasteiger partial charge in [0.05, 0.1) is 0 Å². The minimum atomic E-state index is -4.94. The molecule has 0 saturated heterocycles. The van der Waals surface area contributed by atoms with Gasteiger partial charge in [-0.2, -0.15) is 13.2 Å². The Morgan fingerprint density at radius 1 is 1.05 bits per heavy atom. The van der Waals surface area contributed by atoms with Gasteiger partial charge in [-0.05, 0) is 34.4 Å². The van der Waals surface area contributed by atoms with E-state index >= 15 is 0 Å². The number of carbonyl (C=O) groups is 1. The molecule has 0 aliphatic heterocycles. The van der Waals surface area contributed by atoms with E-state index < -0.39 is 18.2 Å². The summed E-state index contributed by atoms with van der Waals surface area (Å²) in [4.78, 5) is 10.9. The van der Waals surface area contributed by atoms with Crippen LogP contribution in [0.15, 0.2) is 42.5 Å². The van der Waals surface area contributed by atoms with Crippen molar-refractivity contribution in [3.8, 4) is 11.1 Å². The van der Waals surface area contributed by atoms with Crippen LogP contribution in [0.3, 0.4) is 0 Å². The number of alkyl halides is 3. The second-order valence-corrected chi connectivity index (χ2v) is 4.74. The summed E-state index contributed by atoms with van der Waals surface area (Å²) in [5, 5.41) is 12.0. The smallest absolute Gasteiger partial charge is 0.384 e. The van der Waals surface area contributed by atoms with E-state index in [1.165, 1.54) is 12.1 Å². The molecule has 1 atom stereocenters. The van der Waals surface area contributed by atoms with Crippen LogP contribution in [-0.2, 0) is 4.79 Å². The number of hydrogen-bond acceptors (Lipinski definition) is 2. The highest BCUT2D eigenvalue weighted by Gasteiger charge is 2.39. The summed E-state index contributed by atoms with van der Waals surface area (Å²) in [6, 6.07) is 11.5. The molecule has 2 aromatic carbocycles. The molecule has 108 valence electrons. The topological polar surface area (TPSA) is 49.3 Å². The van der Waals surface area contributed by atoms with Crippen molar-refractivity contribution in [3.05, 3.63) is 53.6 Å². The van der Waals surface area contributed by atoms with Crippen molar-refractivity contribution in [1.29, 1.82) is 0 Å². The van der Waals surface area contributed by atoms with E-state index in [9.17, 15) is 23.1 Å². The first kappa shape index (κ1) is 13.6. The third-order valence-corrected chi connectivity index (χ3v) is 3.41. The number of aliphatic hydroxyl groups is 1. The zero-order valence-electron chi connectivity index (χ0n) is 10.6. The van der Waals surface area contributed by atoms with Gasteiger partial charge in [-0.1, -0.05) is 30.3 Å². The Balaban J connectivity index is 1.96. The Labute approximate surface area is 118 Å². The Kier molecular flexibility index (Phi) is 2.98. The fourth-order valence-electron chi connectivity index (χ4n) is 2.46. The van der Waals surface area contributed by atoms with Crippen LogP contribution in [0.2, 0.25) is 0 Å². The predicted molar refractivity (Wildman–Crippen MR) is 70.6 cm³/mol. The molecule has 3 rings (SSSR count). The van der Waals surface area contributed by atoms with Gasteiger partial charge in [0.2, 0.25) is 0 Å². The van der Waals surface area contributed by atoms with Crippen LogP contribution < -0.4 is 5.32 Å². The van der Waals surface area contributed by atoms with Crippen LogP contribution in [-0.4, -0.2) is 17.2 Å². The summed E-state index contributed by atoms with van der Waals surface area (Å²) in [6.07, 6.45) is -5.85. The Bertz CT molecular complexity index is 725. The summed E-state index contributed by atoms with van der Waals surface area (Å²) in [7, 11) is 0. The average Bonchev–Trinajstić information content (AvgIpc) is 2.72. The van der Waals surface area contributed by atoms with Gasteiger partial charge in [-0.3, -0.25) is 4.79 Å². The van der Waals surface area contributed by atoms with Gasteiger partial charge in [0, 0.05) is 5.69 Å². The monoisotopic (exact) mass is 293 g/mol. The molecule has 0 spiro atoms. The van der Waals surface area contributed by atoms with E-state index in [4.69, 9.17) is 0 Å². The van der Waals surface area contributed by atoms with E-state index in [2.05, 4.69) is 0 Å². The fraction of sp³-hybridized carbons (Fsp3) is 0.133. The number of halogens is 3. The fourth-order valence-corrected chi connectivity index (χ4v) is 2.46. The Morgan fingerprint density at radius 2 is 1.71 bits per heavy atom. The van der Waals surface area contributed by atoms with Crippen molar-refractivity contribution in [3.63, 3.8) is 0 Å². The van der Waals surface area contributed by atoms with Crippen molar-refractivity contribution in [1.82, 2.24) is 0 Å². The molecule has 0 saturated carbocycles. The second-order valence-electron chi connectivity index (χ2n) is 4.74. The molecule has 2 aromatic rings. The van der Waals surface area contributed by atoms with Crippen LogP contribution in [0.4, 0.5) is 18.9 Å². The third kappa shape index (κ3) is 2.27. The quantitative estimate of drug-likeness (QED) is 0.848. The van der Waals surface area contributed by atoms with E-state index in [-0.39, 0.29) is 5.69 Å². The first-order valence-electron chi connectivity index (χ1n) is 6.17. The average molecular weight is 293 g/mol. The lowest BCUT2D eigenvalue weighted by Gasteiger charge is -2.10. The van der Waals surface area contributed by atoms with E-state index in [0.717, 1.165) is 11.1 Å². The summed E-state index contributed by atoms with van der Waals surface area (Å²) in [5.41, 5.74) is 2.78.